The highest BCUT2D eigenvalue weighted by atomic mass is 35.5. The first-order valence-corrected chi connectivity index (χ1v) is 14.4. The molecule has 220 valence electrons. The first-order valence-electron chi connectivity index (χ1n) is 14.0. The largest absolute Gasteiger partial charge is 0.415 e. The highest BCUT2D eigenvalue weighted by Crippen LogP contribution is 2.36. The average molecular weight is 592 g/mol. The average Bonchev–Trinajstić information content (AvgIpc) is 3.38. The summed E-state index contributed by atoms with van der Waals surface area (Å²) < 4.78 is 46.5. The molecule has 0 bridgehead atoms. The minimum atomic E-state index is -0.899. The molecule has 5 rings (SSSR count). The van der Waals surface area contributed by atoms with Crippen LogP contribution in [0.25, 0.3) is 0 Å². The number of carbonyl (C=O) groups excluding carboxylic acids is 3. The van der Waals surface area contributed by atoms with Crippen molar-refractivity contribution in [3.05, 3.63) is 64.7 Å². The summed E-state index contributed by atoms with van der Waals surface area (Å²) in [5.41, 5.74) is 0.604. The molecule has 2 atom stereocenters. The molecular weight excluding hydrogens is 559 g/mol. The van der Waals surface area contributed by atoms with Crippen LogP contribution in [-0.4, -0.2) is 77.5 Å². The van der Waals surface area contributed by atoms with Gasteiger partial charge in [0.15, 0.2) is 0 Å². The summed E-state index contributed by atoms with van der Waals surface area (Å²) in [6, 6.07) is 9.08. The highest BCUT2D eigenvalue weighted by molar-refractivity contribution is 6.30. The number of amides is 3. The fraction of sp³-hybridized carbons (Fsp3) is 0.500. The lowest BCUT2D eigenvalue weighted by molar-refractivity contribution is -0.145. The van der Waals surface area contributed by atoms with Crippen molar-refractivity contribution in [2.24, 2.45) is 11.8 Å². The minimum Gasteiger partial charge on any atom is -0.410 e. The van der Waals surface area contributed by atoms with Crippen LogP contribution in [0.3, 0.4) is 0 Å². The van der Waals surface area contributed by atoms with Crippen LogP contribution in [0.5, 0.6) is 5.75 Å². The number of hydrogen-bond donors (Lipinski definition) is 0. The van der Waals surface area contributed by atoms with Crippen molar-refractivity contribution >= 4 is 29.5 Å². The van der Waals surface area contributed by atoms with Gasteiger partial charge in [-0.1, -0.05) is 17.7 Å². The van der Waals surface area contributed by atoms with Crippen LogP contribution < -0.4 is 4.74 Å². The van der Waals surface area contributed by atoms with Gasteiger partial charge in [-0.05, 0) is 74.6 Å². The topological polar surface area (TPSA) is 70.2 Å². The number of halogens is 4. The smallest absolute Gasteiger partial charge is 0.410 e. The Morgan fingerprint density at radius 1 is 0.951 bits per heavy atom. The predicted octanol–water partition coefficient (Wildman–Crippen LogP) is 5.42. The number of hydrogen-bond acceptors (Lipinski definition) is 4. The molecule has 7 nitrogen and oxygen atoms in total. The number of rotatable bonds is 6. The van der Waals surface area contributed by atoms with Crippen molar-refractivity contribution in [1.29, 1.82) is 0 Å². The first kappa shape index (κ1) is 29.2. The van der Waals surface area contributed by atoms with E-state index in [0.717, 1.165) is 0 Å². The molecule has 2 saturated heterocycles. The third kappa shape index (κ3) is 6.32. The van der Waals surface area contributed by atoms with Gasteiger partial charge in [0.2, 0.25) is 11.8 Å². The molecule has 41 heavy (non-hydrogen) atoms. The SMILES string of the molecule is CCN(C(=O)Oc1ccc(F)cc1)[C@@H]1CN(C(=O)C2CCN(C(=O)C3CC(F)C3)CC2)CC1c1ccc(Cl)c(F)c1. The number of carbonyl (C=O) groups is 3. The van der Waals surface area contributed by atoms with Crippen LogP contribution in [0.15, 0.2) is 42.5 Å². The molecule has 3 amide bonds. The van der Waals surface area contributed by atoms with Gasteiger partial charge in [0.05, 0.1) is 11.1 Å². The lowest BCUT2D eigenvalue weighted by atomic mass is 9.82. The Balaban J connectivity index is 1.30. The molecule has 2 aliphatic heterocycles. The van der Waals surface area contributed by atoms with Crippen molar-refractivity contribution in [2.45, 2.75) is 50.7 Å². The zero-order chi connectivity index (χ0) is 29.3. The Morgan fingerprint density at radius 2 is 1.61 bits per heavy atom. The maximum Gasteiger partial charge on any atom is 0.415 e. The molecule has 2 heterocycles. The molecule has 11 heteroatoms. The van der Waals surface area contributed by atoms with E-state index in [1.54, 1.807) is 22.8 Å². The lowest BCUT2D eigenvalue weighted by Gasteiger charge is -2.38. The van der Waals surface area contributed by atoms with E-state index in [-0.39, 0.29) is 66.9 Å². The fourth-order valence-corrected chi connectivity index (χ4v) is 6.24. The van der Waals surface area contributed by atoms with Crippen molar-refractivity contribution in [3.63, 3.8) is 0 Å². The number of ether oxygens (including phenoxy) is 1. The first-order chi connectivity index (χ1) is 19.6. The number of alkyl halides is 1. The molecule has 3 aliphatic rings. The molecule has 0 radical (unpaired) electrons. The molecule has 3 fully saturated rings. The second kappa shape index (κ2) is 12.3. The van der Waals surface area contributed by atoms with Crippen molar-refractivity contribution in [3.8, 4) is 5.75 Å². The number of benzene rings is 2. The Hall–Kier alpha value is -3.27. The van der Waals surface area contributed by atoms with Gasteiger partial charge in [-0.2, -0.15) is 0 Å². The maximum absolute atomic E-state index is 14.5. The summed E-state index contributed by atoms with van der Waals surface area (Å²) in [5.74, 6) is -1.93. The monoisotopic (exact) mass is 591 g/mol. The number of piperidine rings is 1. The van der Waals surface area contributed by atoms with Crippen molar-refractivity contribution < 1.29 is 32.3 Å². The van der Waals surface area contributed by atoms with Crippen LogP contribution in [-0.2, 0) is 9.59 Å². The van der Waals surface area contributed by atoms with Crippen LogP contribution in [0.1, 0.15) is 44.1 Å². The third-order valence-electron chi connectivity index (χ3n) is 8.55. The van der Waals surface area contributed by atoms with Crippen molar-refractivity contribution in [1.82, 2.24) is 14.7 Å². The van der Waals surface area contributed by atoms with Gasteiger partial charge in [-0.25, -0.2) is 18.0 Å². The second-order valence-electron chi connectivity index (χ2n) is 11.1. The summed E-state index contributed by atoms with van der Waals surface area (Å²) in [6.45, 7) is 3.42. The summed E-state index contributed by atoms with van der Waals surface area (Å²) in [6.07, 6.45) is -0.00208. The number of likely N-dealkylation sites (N-methyl/N-ethyl adjacent to an activating group) is 1. The normalized spacial score (nSPS) is 24.6. The number of likely N-dealkylation sites (tertiary alicyclic amines) is 2. The summed E-state index contributed by atoms with van der Waals surface area (Å²) >= 11 is 5.92. The molecule has 1 aliphatic carbocycles. The van der Waals surface area contributed by atoms with Gasteiger partial charge < -0.3 is 19.4 Å². The Labute approximate surface area is 242 Å². The second-order valence-corrected chi connectivity index (χ2v) is 11.5. The van der Waals surface area contributed by atoms with Gasteiger partial charge in [0, 0.05) is 50.5 Å². The summed E-state index contributed by atoms with van der Waals surface area (Å²) in [4.78, 5) is 44.5. The van der Waals surface area contributed by atoms with Crippen LogP contribution in [0.4, 0.5) is 18.0 Å². The zero-order valence-electron chi connectivity index (χ0n) is 22.8. The highest BCUT2D eigenvalue weighted by Gasteiger charge is 2.44. The van der Waals surface area contributed by atoms with Gasteiger partial charge in [-0.3, -0.25) is 9.59 Å². The van der Waals surface area contributed by atoms with E-state index in [1.807, 2.05) is 0 Å². The predicted molar refractivity (Wildman–Crippen MR) is 146 cm³/mol. The molecule has 2 aromatic rings. The maximum atomic E-state index is 14.5. The Kier molecular flexibility index (Phi) is 8.77. The molecule has 2 aromatic carbocycles. The van der Waals surface area contributed by atoms with Gasteiger partial charge in [0.1, 0.15) is 23.6 Å². The molecular formula is C30H33ClF3N3O4. The summed E-state index contributed by atoms with van der Waals surface area (Å²) in [5, 5.41) is -0.0236. The van der Waals surface area contributed by atoms with Crippen LogP contribution in [0.2, 0.25) is 5.02 Å². The molecule has 0 aromatic heterocycles. The van der Waals surface area contributed by atoms with Gasteiger partial charge in [-0.15, -0.1) is 0 Å². The summed E-state index contributed by atoms with van der Waals surface area (Å²) in [7, 11) is 0. The Bertz CT molecular complexity index is 1280. The van der Waals surface area contributed by atoms with E-state index in [0.29, 0.717) is 31.5 Å². The third-order valence-corrected chi connectivity index (χ3v) is 8.86. The van der Waals surface area contributed by atoms with Crippen LogP contribution >= 0.6 is 11.6 Å². The van der Waals surface area contributed by atoms with E-state index >= 15 is 0 Å². The molecule has 1 saturated carbocycles. The van der Waals surface area contributed by atoms with Crippen LogP contribution in [0, 0.1) is 23.5 Å². The van der Waals surface area contributed by atoms with Crippen molar-refractivity contribution in [2.75, 3.05) is 32.7 Å². The van der Waals surface area contributed by atoms with Gasteiger partial charge in [0.25, 0.3) is 0 Å². The standard InChI is InChI=1S/C30H33ClF3N3O4/c1-2-37(30(40)41-23-6-4-21(32)5-7-23)27-17-36(16-24(27)19-3-8-25(31)26(34)15-19)28(38)18-9-11-35(12-10-18)29(39)20-13-22(33)14-20/h3-8,15,18,20,22,24,27H,2,9-14,16-17H2,1H3/t20?,22?,24?,27-/m1/s1. The molecule has 1 unspecified atom stereocenters. The fourth-order valence-electron chi connectivity index (χ4n) is 6.13. The quantitative estimate of drug-likeness (QED) is 0.450. The Morgan fingerprint density at radius 3 is 2.22 bits per heavy atom. The van der Waals surface area contributed by atoms with E-state index in [4.69, 9.17) is 16.3 Å². The minimum absolute atomic E-state index is 0.0236. The zero-order valence-corrected chi connectivity index (χ0v) is 23.5. The van der Waals surface area contributed by atoms with E-state index in [1.165, 1.54) is 41.3 Å². The lowest BCUT2D eigenvalue weighted by Crippen LogP contribution is -2.49. The molecule has 0 N–H and O–H groups in total. The molecule has 0 spiro atoms. The number of nitrogens with zero attached hydrogens (tertiary/aromatic N) is 3. The van der Waals surface area contributed by atoms with E-state index < -0.39 is 35.9 Å². The van der Waals surface area contributed by atoms with E-state index in [2.05, 4.69) is 0 Å². The van der Waals surface area contributed by atoms with Gasteiger partial charge >= 0.3 is 6.09 Å². The van der Waals surface area contributed by atoms with E-state index in [9.17, 15) is 27.6 Å².